The third kappa shape index (κ3) is 3.90. The summed E-state index contributed by atoms with van der Waals surface area (Å²) in [5, 5.41) is 20.5. The largest absolute Gasteiger partial charge is 0.478 e. The molecule has 0 unspecified atom stereocenters. The highest BCUT2D eigenvalue weighted by atomic mass is 16.4. The van der Waals surface area contributed by atoms with Gasteiger partial charge in [0.1, 0.15) is 11.8 Å². The Morgan fingerprint density at radius 2 is 2.00 bits per heavy atom. The fraction of sp³-hybridized carbons (Fsp3) is 0.300. The van der Waals surface area contributed by atoms with E-state index in [0.717, 1.165) is 5.56 Å². The van der Waals surface area contributed by atoms with Gasteiger partial charge in [-0.1, -0.05) is 19.9 Å². The first-order valence-corrected chi connectivity index (χ1v) is 9.20. The molecule has 9 heteroatoms. The maximum Gasteiger partial charge on any atom is 0.337 e. The lowest BCUT2D eigenvalue weighted by Crippen LogP contribution is -2.24. The first-order valence-electron chi connectivity index (χ1n) is 9.20. The van der Waals surface area contributed by atoms with Gasteiger partial charge >= 0.3 is 5.97 Å². The Morgan fingerprint density at radius 3 is 2.62 bits per heavy atom. The number of benzene rings is 1. The Labute approximate surface area is 167 Å². The number of rotatable bonds is 7. The van der Waals surface area contributed by atoms with E-state index in [-0.39, 0.29) is 11.6 Å². The third-order valence-corrected chi connectivity index (χ3v) is 4.73. The van der Waals surface area contributed by atoms with Crippen LogP contribution >= 0.6 is 0 Å². The molecule has 0 aliphatic heterocycles. The number of aryl methyl sites for hydroxylation is 2. The summed E-state index contributed by atoms with van der Waals surface area (Å²) in [6, 6.07) is 5.26. The molecule has 0 saturated heterocycles. The normalized spacial score (nSPS) is 11.2. The van der Waals surface area contributed by atoms with Gasteiger partial charge in [0, 0.05) is 23.8 Å². The molecule has 0 radical (unpaired) electrons. The number of primary amides is 1. The van der Waals surface area contributed by atoms with Crippen LogP contribution in [0.15, 0.2) is 24.5 Å². The zero-order chi connectivity index (χ0) is 21.3. The van der Waals surface area contributed by atoms with E-state index in [1.54, 1.807) is 29.6 Å². The standard InChI is InChI=1S/C20H24N6O3/c1-10(2)22-8-15-16(20(28)29)12(4)17-19(23-9-24-26(15)17)25-14-7-13(18(21)27)6-5-11(14)3/h5-7,9-10,22H,8H2,1-4H3,(H2,21,27)(H,28,29)(H,23,24,25). The van der Waals surface area contributed by atoms with E-state index >= 15 is 0 Å². The molecule has 29 heavy (non-hydrogen) atoms. The second-order valence-electron chi connectivity index (χ2n) is 7.18. The van der Waals surface area contributed by atoms with Gasteiger partial charge in [0.25, 0.3) is 0 Å². The van der Waals surface area contributed by atoms with Gasteiger partial charge < -0.3 is 21.5 Å². The van der Waals surface area contributed by atoms with Crippen molar-refractivity contribution in [2.24, 2.45) is 5.73 Å². The predicted octanol–water partition coefficient (Wildman–Crippen LogP) is 2.38. The van der Waals surface area contributed by atoms with Crippen LogP contribution in [0.25, 0.3) is 5.52 Å². The van der Waals surface area contributed by atoms with Crippen LogP contribution in [-0.4, -0.2) is 37.6 Å². The van der Waals surface area contributed by atoms with E-state index in [4.69, 9.17) is 5.73 Å². The number of aromatic nitrogens is 3. The molecule has 3 aromatic rings. The Morgan fingerprint density at radius 1 is 1.28 bits per heavy atom. The van der Waals surface area contributed by atoms with Crippen LogP contribution < -0.4 is 16.4 Å². The van der Waals surface area contributed by atoms with E-state index in [1.165, 1.54) is 6.33 Å². The number of hydrogen-bond acceptors (Lipinski definition) is 6. The zero-order valence-electron chi connectivity index (χ0n) is 16.8. The van der Waals surface area contributed by atoms with E-state index in [0.29, 0.717) is 40.4 Å². The van der Waals surface area contributed by atoms with Crippen molar-refractivity contribution in [3.8, 4) is 0 Å². The molecule has 0 spiro atoms. The van der Waals surface area contributed by atoms with Gasteiger partial charge in [-0.2, -0.15) is 5.10 Å². The number of anilines is 2. The van der Waals surface area contributed by atoms with Crippen LogP contribution in [0.2, 0.25) is 0 Å². The molecule has 152 valence electrons. The van der Waals surface area contributed by atoms with Crippen LogP contribution in [-0.2, 0) is 6.54 Å². The van der Waals surface area contributed by atoms with Crippen molar-refractivity contribution >= 4 is 28.9 Å². The molecule has 2 heterocycles. The minimum atomic E-state index is -1.02. The van der Waals surface area contributed by atoms with Gasteiger partial charge in [-0.25, -0.2) is 14.3 Å². The number of hydrogen-bond donors (Lipinski definition) is 4. The molecule has 1 amide bonds. The topological polar surface area (TPSA) is 135 Å². The molecule has 2 aromatic heterocycles. The first kappa shape index (κ1) is 20.3. The molecular formula is C20H24N6O3. The monoisotopic (exact) mass is 396 g/mol. The van der Waals surface area contributed by atoms with E-state index < -0.39 is 11.9 Å². The number of nitrogens with one attached hydrogen (secondary N) is 2. The lowest BCUT2D eigenvalue weighted by atomic mass is 10.1. The SMILES string of the molecule is Cc1ccc(C(N)=O)cc1Nc1ncnn2c(CNC(C)C)c(C(=O)O)c(C)c12. The maximum absolute atomic E-state index is 11.9. The minimum absolute atomic E-state index is 0.182. The Kier molecular flexibility index (Phi) is 5.51. The number of aromatic carboxylic acids is 1. The van der Waals surface area contributed by atoms with Crippen molar-refractivity contribution < 1.29 is 14.7 Å². The van der Waals surface area contributed by atoms with Crippen LogP contribution in [0.3, 0.4) is 0 Å². The summed E-state index contributed by atoms with van der Waals surface area (Å²) in [6.45, 7) is 7.94. The van der Waals surface area contributed by atoms with Gasteiger partial charge in [0.05, 0.1) is 11.3 Å². The van der Waals surface area contributed by atoms with Crippen molar-refractivity contribution in [1.29, 1.82) is 0 Å². The van der Waals surface area contributed by atoms with Crippen LogP contribution in [0, 0.1) is 13.8 Å². The number of amides is 1. The number of carboxylic acid groups (broad SMARTS) is 1. The highest BCUT2D eigenvalue weighted by Gasteiger charge is 2.24. The highest BCUT2D eigenvalue weighted by Crippen LogP contribution is 2.30. The van der Waals surface area contributed by atoms with Crippen molar-refractivity contribution in [3.05, 3.63) is 52.5 Å². The summed E-state index contributed by atoms with van der Waals surface area (Å²) < 4.78 is 1.59. The van der Waals surface area contributed by atoms with E-state index in [9.17, 15) is 14.7 Å². The lowest BCUT2D eigenvalue weighted by molar-refractivity contribution is 0.0694. The quantitative estimate of drug-likeness (QED) is 0.481. The average molecular weight is 396 g/mol. The number of carbonyl (C=O) groups is 2. The Bertz CT molecular complexity index is 1100. The maximum atomic E-state index is 11.9. The molecule has 5 N–H and O–H groups in total. The van der Waals surface area contributed by atoms with E-state index in [1.807, 2.05) is 20.8 Å². The molecule has 3 rings (SSSR count). The molecule has 0 atom stereocenters. The number of fused-ring (bicyclic) bond motifs is 1. The first-order chi connectivity index (χ1) is 13.7. The van der Waals surface area contributed by atoms with Gasteiger partial charge in [-0.3, -0.25) is 4.79 Å². The fourth-order valence-corrected chi connectivity index (χ4v) is 3.21. The molecule has 1 aromatic carbocycles. The summed E-state index contributed by atoms with van der Waals surface area (Å²) in [6.07, 6.45) is 1.37. The minimum Gasteiger partial charge on any atom is -0.478 e. The number of nitrogens with zero attached hydrogens (tertiary/aromatic N) is 3. The second-order valence-corrected chi connectivity index (χ2v) is 7.18. The third-order valence-electron chi connectivity index (χ3n) is 4.73. The van der Waals surface area contributed by atoms with Crippen molar-refractivity contribution in [3.63, 3.8) is 0 Å². The van der Waals surface area contributed by atoms with Crippen molar-refractivity contribution in [1.82, 2.24) is 19.9 Å². The molecule has 0 fully saturated rings. The van der Waals surface area contributed by atoms with Gasteiger partial charge in [0.2, 0.25) is 5.91 Å². The van der Waals surface area contributed by atoms with Crippen LogP contribution in [0.1, 0.15) is 51.4 Å². The summed E-state index contributed by atoms with van der Waals surface area (Å²) in [4.78, 5) is 27.8. The second kappa shape index (κ2) is 7.88. The highest BCUT2D eigenvalue weighted by molar-refractivity contribution is 5.97. The summed E-state index contributed by atoms with van der Waals surface area (Å²) in [5.41, 5.74) is 9.16. The predicted molar refractivity (Wildman–Crippen MR) is 110 cm³/mol. The number of carbonyl (C=O) groups excluding carboxylic acids is 1. The summed E-state index contributed by atoms with van der Waals surface area (Å²) in [5.74, 6) is -1.11. The van der Waals surface area contributed by atoms with Gasteiger partial charge in [0.15, 0.2) is 5.82 Å². The van der Waals surface area contributed by atoms with Crippen molar-refractivity contribution in [2.75, 3.05) is 5.32 Å². The summed E-state index contributed by atoms with van der Waals surface area (Å²) in [7, 11) is 0. The molecule has 0 saturated carbocycles. The summed E-state index contributed by atoms with van der Waals surface area (Å²) >= 11 is 0. The Hall–Kier alpha value is -3.46. The molecule has 0 aliphatic rings. The fourth-order valence-electron chi connectivity index (χ4n) is 3.21. The molecular weight excluding hydrogens is 372 g/mol. The Balaban J connectivity index is 2.16. The zero-order valence-corrected chi connectivity index (χ0v) is 16.8. The number of carboxylic acids is 1. The van der Waals surface area contributed by atoms with Gasteiger partial charge in [-0.15, -0.1) is 0 Å². The lowest BCUT2D eigenvalue weighted by Gasteiger charge is -2.12. The van der Waals surface area contributed by atoms with Gasteiger partial charge in [-0.05, 0) is 37.1 Å². The molecule has 9 nitrogen and oxygen atoms in total. The molecule has 0 aliphatic carbocycles. The van der Waals surface area contributed by atoms with E-state index in [2.05, 4.69) is 20.7 Å². The molecule has 0 bridgehead atoms. The average Bonchev–Trinajstić information content (AvgIpc) is 2.94. The van der Waals surface area contributed by atoms with Crippen LogP contribution in [0.5, 0.6) is 0 Å². The van der Waals surface area contributed by atoms with Crippen molar-refractivity contribution in [2.45, 2.75) is 40.3 Å². The number of nitrogens with two attached hydrogens (primary N) is 1. The van der Waals surface area contributed by atoms with Crippen LogP contribution in [0.4, 0.5) is 11.5 Å². The smallest absolute Gasteiger partial charge is 0.337 e.